The van der Waals surface area contributed by atoms with Crippen LogP contribution in [0.25, 0.3) is 0 Å². The average Bonchev–Trinajstić information content (AvgIpc) is 1.96. The van der Waals surface area contributed by atoms with E-state index in [9.17, 15) is 4.79 Å². The van der Waals surface area contributed by atoms with Gasteiger partial charge in [0.05, 0.1) is 6.61 Å². The molecule has 1 unspecified atom stereocenters. The van der Waals surface area contributed by atoms with Gasteiger partial charge in [0.2, 0.25) is 5.91 Å². The fourth-order valence-electron chi connectivity index (χ4n) is 0.718. The van der Waals surface area contributed by atoms with Crippen molar-refractivity contribution in [2.45, 2.75) is 6.04 Å². The molecule has 0 aromatic carbocycles. The Morgan fingerprint density at radius 2 is 2.25 bits per heavy atom. The third kappa shape index (κ3) is 5.06. The number of amides is 1. The molecule has 0 aromatic heterocycles. The second kappa shape index (κ2) is 5.93. The molecule has 0 spiro atoms. The van der Waals surface area contributed by atoms with Crippen molar-refractivity contribution < 1.29 is 9.90 Å². The highest BCUT2D eigenvalue weighted by atomic mass is 16.3. The number of aliphatic hydroxyl groups excluding tert-OH is 1. The van der Waals surface area contributed by atoms with Gasteiger partial charge in [-0.25, -0.2) is 0 Å². The van der Waals surface area contributed by atoms with E-state index in [1.165, 1.54) is 0 Å². The van der Waals surface area contributed by atoms with Crippen LogP contribution in [-0.2, 0) is 4.79 Å². The topological polar surface area (TPSA) is 78.6 Å². The Hall–Kier alpha value is -0.650. The van der Waals surface area contributed by atoms with E-state index in [-0.39, 0.29) is 6.61 Å². The molecule has 0 radical (unpaired) electrons. The zero-order valence-electron chi connectivity index (χ0n) is 7.58. The van der Waals surface area contributed by atoms with Gasteiger partial charge in [-0.2, -0.15) is 0 Å². The maximum Gasteiger partial charge on any atom is 0.236 e. The highest BCUT2D eigenvalue weighted by molar-refractivity contribution is 5.79. The smallest absolute Gasteiger partial charge is 0.236 e. The quantitative estimate of drug-likeness (QED) is 0.435. The Bertz CT molecular complexity index is 139. The minimum atomic E-state index is -0.620. The molecule has 0 bridgehead atoms. The zero-order valence-corrected chi connectivity index (χ0v) is 7.58. The predicted molar refractivity (Wildman–Crippen MR) is 46.6 cm³/mol. The van der Waals surface area contributed by atoms with Crippen molar-refractivity contribution in [3.8, 4) is 0 Å². The summed E-state index contributed by atoms with van der Waals surface area (Å²) < 4.78 is 0. The zero-order chi connectivity index (χ0) is 9.56. The third-order valence-electron chi connectivity index (χ3n) is 1.48. The Kier molecular flexibility index (Phi) is 5.61. The molecule has 0 fully saturated rings. The van der Waals surface area contributed by atoms with Crippen molar-refractivity contribution in [2.75, 3.05) is 33.8 Å². The lowest BCUT2D eigenvalue weighted by atomic mass is 10.3. The molecular formula is C7H17N3O2. The highest BCUT2D eigenvalue weighted by Gasteiger charge is 2.11. The third-order valence-corrected chi connectivity index (χ3v) is 1.48. The van der Waals surface area contributed by atoms with Gasteiger partial charge < -0.3 is 21.1 Å². The van der Waals surface area contributed by atoms with Gasteiger partial charge in [-0.1, -0.05) is 0 Å². The number of primary amides is 1. The first-order chi connectivity index (χ1) is 5.57. The van der Waals surface area contributed by atoms with Crippen LogP contribution >= 0.6 is 0 Å². The molecule has 72 valence electrons. The first-order valence-electron chi connectivity index (χ1n) is 3.86. The van der Waals surface area contributed by atoms with Gasteiger partial charge >= 0.3 is 0 Å². The summed E-state index contributed by atoms with van der Waals surface area (Å²) in [5.41, 5.74) is 4.99. The van der Waals surface area contributed by atoms with Crippen molar-refractivity contribution in [1.29, 1.82) is 0 Å². The summed E-state index contributed by atoms with van der Waals surface area (Å²) in [6, 6.07) is -0.620. The van der Waals surface area contributed by atoms with Crippen LogP contribution in [0.3, 0.4) is 0 Å². The van der Waals surface area contributed by atoms with Gasteiger partial charge in [-0.15, -0.1) is 0 Å². The second-order valence-electron chi connectivity index (χ2n) is 2.89. The van der Waals surface area contributed by atoms with Crippen LogP contribution in [0.5, 0.6) is 0 Å². The minimum absolute atomic E-state index is 0.247. The number of carbonyl (C=O) groups is 1. The molecule has 1 atom stereocenters. The van der Waals surface area contributed by atoms with Crippen LogP contribution < -0.4 is 11.1 Å². The van der Waals surface area contributed by atoms with E-state index in [0.717, 1.165) is 6.54 Å². The summed E-state index contributed by atoms with van der Waals surface area (Å²) in [4.78, 5) is 12.6. The molecule has 0 aliphatic carbocycles. The lowest BCUT2D eigenvalue weighted by Crippen LogP contribution is -2.46. The van der Waals surface area contributed by atoms with E-state index in [2.05, 4.69) is 5.32 Å². The Morgan fingerprint density at radius 3 is 2.58 bits per heavy atom. The van der Waals surface area contributed by atoms with Gasteiger partial charge in [0.1, 0.15) is 6.04 Å². The average molecular weight is 175 g/mol. The van der Waals surface area contributed by atoms with E-state index >= 15 is 0 Å². The number of hydrogen-bond acceptors (Lipinski definition) is 4. The molecule has 5 heteroatoms. The van der Waals surface area contributed by atoms with Gasteiger partial charge in [0, 0.05) is 13.1 Å². The number of rotatable bonds is 6. The molecule has 4 N–H and O–H groups in total. The maximum atomic E-state index is 10.6. The number of nitrogens with zero attached hydrogens (tertiary/aromatic N) is 1. The SMILES string of the molecule is CN(C)CCNC(CO)C(N)=O. The lowest BCUT2D eigenvalue weighted by Gasteiger charge is -2.14. The predicted octanol–water partition coefficient (Wildman–Crippen LogP) is -2.02. The Morgan fingerprint density at radius 1 is 1.67 bits per heavy atom. The largest absolute Gasteiger partial charge is 0.394 e. The van der Waals surface area contributed by atoms with Crippen LogP contribution in [0.1, 0.15) is 0 Å². The van der Waals surface area contributed by atoms with Crippen molar-refractivity contribution in [1.82, 2.24) is 10.2 Å². The van der Waals surface area contributed by atoms with E-state index in [1.54, 1.807) is 0 Å². The van der Waals surface area contributed by atoms with Crippen molar-refractivity contribution >= 4 is 5.91 Å². The number of nitrogens with one attached hydrogen (secondary N) is 1. The number of likely N-dealkylation sites (N-methyl/N-ethyl adjacent to an activating group) is 1. The standard InChI is InChI=1S/C7H17N3O2/c1-10(2)4-3-9-6(5-11)7(8)12/h6,9,11H,3-5H2,1-2H3,(H2,8,12). The monoisotopic (exact) mass is 175 g/mol. The summed E-state index contributed by atoms with van der Waals surface area (Å²) in [7, 11) is 3.86. The Labute approximate surface area is 72.5 Å². The molecular weight excluding hydrogens is 158 g/mol. The van der Waals surface area contributed by atoms with Gasteiger partial charge in [0.15, 0.2) is 0 Å². The van der Waals surface area contributed by atoms with Gasteiger partial charge in [0.25, 0.3) is 0 Å². The first kappa shape index (κ1) is 11.4. The molecule has 1 amide bonds. The highest BCUT2D eigenvalue weighted by Crippen LogP contribution is 1.79. The molecule has 5 nitrogen and oxygen atoms in total. The summed E-state index contributed by atoms with van der Waals surface area (Å²) in [6.45, 7) is 1.20. The first-order valence-corrected chi connectivity index (χ1v) is 3.86. The fraction of sp³-hybridized carbons (Fsp3) is 0.857. The van der Waals surface area contributed by atoms with Gasteiger partial charge in [-0.05, 0) is 14.1 Å². The molecule has 0 saturated heterocycles. The molecule has 0 aliphatic rings. The van der Waals surface area contributed by atoms with Crippen LogP contribution in [0, 0.1) is 0 Å². The number of nitrogens with two attached hydrogens (primary N) is 1. The van der Waals surface area contributed by atoms with Gasteiger partial charge in [-0.3, -0.25) is 4.79 Å². The normalized spacial score (nSPS) is 13.3. The number of aliphatic hydroxyl groups is 1. The fourth-order valence-corrected chi connectivity index (χ4v) is 0.718. The lowest BCUT2D eigenvalue weighted by molar-refractivity contribution is -0.120. The van der Waals surface area contributed by atoms with Crippen LogP contribution in [-0.4, -0.2) is 55.7 Å². The van der Waals surface area contributed by atoms with Crippen LogP contribution in [0.4, 0.5) is 0 Å². The minimum Gasteiger partial charge on any atom is -0.394 e. The van der Waals surface area contributed by atoms with E-state index in [4.69, 9.17) is 10.8 Å². The van der Waals surface area contributed by atoms with Crippen LogP contribution in [0.15, 0.2) is 0 Å². The molecule has 12 heavy (non-hydrogen) atoms. The molecule has 0 saturated carbocycles. The summed E-state index contributed by atoms with van der Waals surface area (Å²) in [6.07, 6.45) is 0. The van der Waals surface area contributed by atoms with E-state index < -0.39 is 11.9 Å². The molecule has 0 aliphatic heterocycles. The van der Waals surface area contributed by atoms with Crippen molar-refractivity contribution in [3.63, 3.8) is 0 Å². The van der Waals surface area contributed by atoms with Crippen LogP contribution in [0.2, 0.25) is 0 Å². The summed E-state index contributed by atoms with van der Waals surface area (Å²) >= 11 is 0. The molecule has 0 rings (SSSR count). The Balaban J connectivity index is 3.52. The van der Waals surface area contributed by atoms with E-state index in [0.29, 0.717) is 6.54 Å². The number of hydrogen-bond donors (Lipinski definition) is 3. The van der Waals surface area contributed by atoms with Crippen molar-refractivity contribution in [2.24, 2.45) is 5.73 Å². The summed E-state index contributed by atoms with van der Waals surface area (Å²) in [5, 5.41) is 11.5. The maximum absolute atomic E-state index is 10.6. The summed E-state index contributed by atoms with van der Waals surface area (Å²) in [5.74, 6) is -0.517. The van der Waals surface area contributed by atoms with E-state index in [1.807, 2.05) is 19.0 Å². The van der Waals surface area contributed by atoms with Crippen molar-refractivity contribution in [3.05, 3.63) is 0 Å². The second-order valence-corrected chi connectivity index (χ2v) is 2.89. The molecule has 0 heterocycles. The molecule has 0 aromatic rings. The number of carbonyl (C=O) groups excluding carboxylic acids is 1.